The molecule has 0 fully saturated rings. The molecule has 0 spiro atoms. The molecule has 0 saturated heterocycles. The van der Waals surface area contributed by atoms with E-state index < -0.39 is 10.5 Å². The minimum Gasteiger partial charge on any atom is -0.497 e. The first-order valence-electron chi connectivity index (χ1n) is 10.4. The number of anilines is 2. The summed E-state index contributed by atoms with van der Waals surface area (Å²) >= 11 is 0. The number of aromatic nitrogens is 2. The Morgan fingerprint density at radius 1 is 1.18 bits per heavy atom. The van der Waals surface area contributed by atoms with Gasteiger partial charge in [0.05, 0.1) is 24.3 Å². The van der Waals surface area contributed by atoms with E-state index in [9.17, 15) is 14.9 Å². The van der Waals surface area contributed by atoms with Crippen molar-refractivity contribution in [2.24, 2.45) is 0 Å². The van der Waals surface area contributed by atoms with Gasteiger partial charge in [0.1, 0.15) is 17.1 Å². The number of hydrogen-bond acceptors (Lipinski definition) is 8. The lowest BCUT2D eigenvalue weighted by Gasteiger charge is -2.19. The van der Waals surface area contributed by atoms with Crippen LogP contribution in [0.5, 0.6) is 5.75 Å². The van der Waals surface area contributed by atoms with Crippen molar-refractivity contribution in [3.63, 3.8) is 0 Å². The highest BCUT2D eigenvalue weighted by Gasteiger charge is 2.22. The van der Waals surface area contributed by atoms with Crippen LogP contribution < -0.4 is 20.5 Å². The summed E-state index contributed by atoms with van der Waals surface area (Å²) in [6.07, 6.45) is 0. The summed E-state index contributed by atoms with van der Waals surface area (Å²) in [5, 5.41) is 19.4. The lowest BCUT2D eigenvalue weighted by atomic mass is 10.1. The summed E-state index contributed by atoms with van der Waals surface area (Å²) in [7, 11) is 4.94. The van der Waals surface area contributed by atoms with Crippen LogP contribution >= 0.6 is 0 Å². The van der Waals surface area contributed by atoms with Crippen LogP contribution in [0.3, 0.4) is 0 Å². The fourth-order valence-corrected chi connectivity index (χ4v) is 3.27. The van der Waals surface area contributed by atoms with Gasteiger partial charge >= 0.3 is 0 Å². The summed E-state index contributed by atoms with van der Waals surface area (Å²) in [4.78, 5) is 26.4. The summed E-state index contributed by atoms with van der Waals surface area (Å²) in [6.45, 7) is 3.45. The van der Waals surface area contributed by atoms with Crippen molar-refractivity contribution in [2.45, 2.75) is 6.92 Å². The molecular formula is C23H27N5O5. The van der Waals surface area contributed by atoms with Gasteiger partial charge in [-0.15, -0.1) is 0 Å². The first-order valence-corrected chi connectivity index (χ1v) is 10.4. The standard InChI is InChI=1S/C23H27N5O5/c1-5-26(2)22-15-19(16-7-6-8-18(13-16)33-4)25-27(23(22)29)21-14-17(24-11-12-32-3)9-10-20(21)28(30)31/h6-10,13-15,24H,5,11-12H2,1-4H3. The minimum atomic E-state index is -0.524. The van der Waals surface area contributed by atoms with Crippen LogP contribution in [0.1, 0.15) is 6.92 Å². The smallest absolute Gasteiger partial charge is 0.295 e. The number of hydrogen-bond donors (Lipinski definition) is 1. The molecule has 174 valence electrons. The Bertz CT molecular complexity index is 1190. The summed E-state index contributed by atoms with van der Waals surface area (Å²) in [5.74, 6) is 0.632. The van der Waals surface area contributed by atoms with E-state index in [2.05, 4.69) is 10.4 Å². The van der Waals surface area contributed by atoms with Crippen LogP contribution in [0.2, 0.25) is 0 Å². The Kier molecular flexibility index (Phi) is 7.62. The van der Waals surface area contributed by atoms with Crippen molar-refractivity contribution in [1.29, 1.82) is 0 Å². The van der Waals surface area contributed by atoms with Gasteiger partial charge in [-0.25, -0.2) is 0 Å². The first-order chi connectivity index (χ1) is 15.9. The van der Waals surface area contributed by atoms with Crippen molar-refractivity contribution in [3.8, 4) is 22.7 Å². The minimum absolute atomic E-state index is 0.0721. The van der Waals surface area contributed by atoms with Crippen LogP contribution in [0, 0.1) is 10.1 Å². The van der Waals surface area contributed by atoms with Gasteiger partial charge in [0, 0.05) is 44.6 Å². The molecule has 0 bridgehead atoms. The molecule has 0 atom stereocenters. The lowest BCUT2D eigenvalue weighted by molar-refractivity contribution is -0.384. The van der Waals surface area contributed by atoms with Gasteiger partial charge in [0.2, 0.25) is 0 Å². The second-order valence-electron chi connectivity index (χ2n) is 7.26. The van der Waals surface area contributed by atoms with E-state index >= 15 is 0 Å². The molecule has 10 nitrogen and oxygen atoms in total. The molecule has 33 heavy (non-hydrogen) atoms. The van der Waals surface area contributed by atoms with Gasteiger partial charge < -0.3 is 19.7 Å². The molecule has 1 aromatic heterocycles. The molecule has 0 amide bonds. The van der Waals surface area contributed by atoms with E-state index in [0.29, 0.717) is 48.1 Å². The molecule has 0 saturated carbocycles. The molecular weight excluding hydrogens is 426 g/mol. The number of methoxy groups -OCH3 is 2. The zero-order valence-corrected chi connectivity index (χ0v) is 19.1. The molecule has 1 heterocycles. The number of nitrogens with one attached hydrogen (secondary N) is 1. The Hall–Kier alpha value is -3.92. The van der Waals surface area contributed by atoms with Gasteiger partial charge in [0.15, 0.2) is 0 Å². The normalized spacial score (nSPS) is 10.7. The zero-order valence-electron chi connectivity index (χ0n) is 19.1. The number of nitro benzene ring substituents is 1. The quantitative estimate of drug-likeness (QED) is 0.283. The molecule has 0 radical (unpaired) electrons. The van der Waals surface area contributed by atoms with E-state index in [4.69, 9.17) is 9.47 Å². The van der Waals surface area contributed by atoms with E-state index in [1.54, 1.807) is 56.5 Å². The second kappa shape index (κ2) is 10.6. The summed E-state index contributed by atoms with van der Waals surface area (Å²) in [6, 6.07) is 13.4. The Morgan fingerprint density at radius 3 is 2.64 bits per heavy atom. The molecule has 10 heteroatoms. The maximum atomic E-state index is 13.4. The Labute approximate surface area is 191 Å². The van der Waals surface area contributed by atoms with Gasteiger partial charge in [0.25, 0.3) is 11.2 Å². The van der Waals surface area contributed by atoms with Crippen molar-refractivity contribution in [2.75, 3.05) is 51.2 Å². The van der Waals surface area contributed by atoms with E-state index in [0.717, 1.165) is 4.68 Å². The fraction of sp³-hybridized carbons (Fsp3) is 0.304. The van der Waals surface area contributed by atoms with Gasteiger partial charge in [-0.05, 0) is 37.3 Å². The summed E-state index contributed by atoms with van der Waals surface area (Å²) < 4.78 is 11.4. The molecule has 2 aromatic carbocycles. The van der Waals surface area contributed by atoms with Crippen molar-refractivity contribution < 1.29 is 14.4 Å². The highest BCUT2D eigenvalue weighted by Crippen LogP contribution is 2.28. The third-order valence-electron chi connectivity index (χ3n) is 5.18. The first kappa shape index (κ1) is 23.7. The van der Waals surface area contributed by atoms with Gasteiger partial charge in [-0.3, -0.25) is 14.9 Å². The number of nitrogens with zero attached hydrogens (tertiary/aromatic N) is 4. The second-order valence-corrected chi connectivity index (χ2v) is 7.26. The van der Waals surface area contributed by atoms with Crippen LogP contribution in [0.15, 0.2) is 53.3 Å². The molecule has 0 aliphatic heterocycles. The fourth-order valence-electron chi connectivity index (χ4n) is 3.27. The highest BCUT2D eigenvalue weighted by molar-refractivity contribution is 5.67. The van der Waals surface area contributed by atoms with Crippen molar-refractivity contribution in [1.82, 2.24) is 9.78 Å². The van der Waals surface area contributed by atoms with E-state index in [-0.39, 0.29) is 11.4 Å². The largest absolute Gasteiger partial charge is 0.497 e. The zero-order chi connectivity index (χ0) is 24.0. The van der Waals surface area contributed by atoms with Crippen LogP contribution in [0.4, 0.5) is 17.1 Å². The van der Waals surface area contributed by atoms with Crippen LogP contribution in [-0.4, -0.2) is 55.7 Å². The maximum absolute atomic E-state index is 13.4. The van der Waals surface area contributed by atoms with Crippen molar-refractivity contribution in [3.05, 3.63) is 69.0 Å². The van der Waals surface area contributed by atoms with Crippen LogP contribution in [0.25, 0.3) is 16.9 Å². The van der Waals surface area contributed by atoms with E-state index in [1.807, 2.05) is 19.1 Å². The molecule has 0 aliphatic rings. The Balaban J connectivity index is 2.25. The third kappa shape index (κ3) is 5.29. The topological polar surface area (TPSA) is 112 Å². The number of benzene rings is 2. The average Bonchev–Trinajstić information content (AvgIpc) is 2.83. The molecule has 3 rings (SSSR count). The maximum Gasteiger partial charge on any atom is 0.295 e. The number of rotatable bonds is 10. The monoisotopic (exact) mass is 453 g/mol. The van der Waals surface area contributed by atoms with Gasteiger partial charge in [-0.1, -0.05) is 12.1 Å². The highest BCUT2D eigenvalue weighted by atomic mass is 16.6. The van der Waals surface area contributed by atoms with Gasteiger partial charge in [-0.2, -0.15) is 9.78 Å². The summed E-state index contributed by atoms with van der Waals surface area (Å²) in [5.41, 5.74) is 1.57. The van der Waals surface area contributed by atoms with E-state index in [1.165, 1.54) is 6.07 Å². The average molecular weight is 453 g/mol. The molecule has 3 aromatic rings. The Morgan fingerprint density at radius 2 is 1.97 bits per heavy atom. The molecule has 0 aliphatic carbocycles. The molecule has 0 unspecified atom stereocenters. The molecule has 1 N–H and O–H groups in total. The number of nitro groups is 1. The number of ether oxygens (including phenoxy) is 2. The lowest BCUT2D eigenvalue weighted by Crippen LogP contribution is -2.30. The van der Waals surface area contributed by atoms with Crippen molar-refractivity contribution >= 4 is 17.1 Å². The predicted octanol–water partition coefficient (Wildman–Crippen LogP) is 3.33. The third-order valence-corrected chi connectivity index (χ3v) is 5.18. The predicted molar refractivity (Wildman–Crippen MR) is 128 cm³/mol. The SMILES string of the molecule is CCN(C)c1cc(-c2cccc(OC)c2)nn(-c2cc(NCCOC)ccc2[N+](=O)[O-])c1=O. The van der Waals surface area contributed by atoms with Crippen LogP contribution in [-0.2, 0) is 4.74 Å².